The fourth-order valence-corrected chi connectivity index (χ4v) is 3.79. The third-order valence-corrected chi connectivity index (χ3v) is 5.77. The molecular weight excluding hydrogens is 456 g/mol. The van der Waals surface area contributed by atoms with Gasteiger partial charge in [-0.3, -0.25) is 14.5 Å². The monoisotopic (exact) mass is 478 g/mol. The van der Waals surface area contributed by atoms with E-state index in [-0.39, 0.29) is 12.3 Å². The first-order chi connectivity index (χ1) is 16.0. The molecule has 6 nitrogen and oxygen atoms in total. The molecule has 0 radical (unpaired) electrons. The summed E-state index contributed by atoms with van der Waals surface area (Å²) in [5.74, 6) is 1.30. The zero-order chi connectivity index (χ0) is 23.2. The number of carbonyl (C=O) groups excluding carboxylic acids is 1. The second-order valence-electron chi connectivity index (χ2n) is 7.58. The molecule has 4 rings (SSSR count). The summed E-state index contributed by atoms with van der Waals surface area (Å²) in [5, 5.41) is 10.7. The van der Waals surface area contributed by atoms with E-state index in [0.717, 1.165) is 22.5 Å². The number of H-pyrrole nitrogens is 1. The van der Waals surface area contributed by atoms with Crippen molar-refractivity contribution in [2.45, 2.75) is 26.5 Å². The number of hydrogen-bond acceptors (Lipinski definition) is 4. The number of nitrogens with zero attached hydrogens (tertiary/aromatic N) is 2. The maximum atomic E-state index is 12.5. The summed E-state index contributed by atoms with van der Waals surface area (Å²) in [6.07, 6.45) is 0.261. The molecule has 0 aliphatic heterocycles. The van der Waals surface area contributed by atoms with Crippen LogP contribution in [0, 0.1) is 11.7 Å². The number of hydrogen-bond donors (Lipinski definition) is 2. The molecule has 0 bridgehead atoms. The number of benzene rings is 3. The Balaban J connectivity index is 1.33. The van der Waals surface area contributed by atoms with Crippen LogP contribution in [-0.4, -0.2) is 20.7 Å². The molecule has 0 saturated carbocycles. The molecule has 0 aliphatic carbocycles. The van der Waals surface area contributed by atoms with Gasteiger partial charge in [0.25, 0.3) is 0 Å². The third kappa shape index (κ3) is 5.88. The van der Waals surface area contributed by atoms with Gasteiger partial charge in [0.05, 0.1) is 0 Å². The minimum atomic E-state index is -0.113. The lowest BCUT2D eigenvalue weighted by Gasteiger charge is -2.10. The van der Waals surface area contributed by atoms with E-state index in [9.17, 15) is 4.79 Å². The molecule has 1 amide bonds. The molecule has 0 unspecified atom stereocenters. The Labute approximate surface area is 202 Å². The SMILES string of the molecule is Cc1cccc(-c2n[nH]c(=S)n2CCC(=O)Nc2ccc(OCc3ccccc3Cl)cc2)c1. The summed E-state index contributed by atoms with van der Waals surface area (Å²) in [6.45, 7) is 2.82. The molecule has 8 heteroatoms. The topological polar surface area (TPSA) is 71.9 Å². The van der Waals surface area contributed by atoms with Crippen LogP contribution in [0.15, 0.2) is 72.8 Å². The molecule has 1 aromatic heterocycles. The lowest BCUT2D eigenvalue weighted by Crippen LogP contribution is -2.15. The molecule has 0 atom stereocenters. The van der Waals surface area contributed by atoms with Crippen molar-refractivity contribution in [3.8, 4) is 17.1 Å². The number of anilines is 1. The number of aromatic amines is 1. The molecule has 168 valence electrons. The van der Waals surface area contributed by atoms with Crippen molar-refractivity contribution >= 4 is 35.4 Å². The van der Waals surface area contributed by atoms with E-state index in [4.69, 9.17) is 28.6 Å². The third-order valence-electron chi connectivity index (χ3n) is 5.09. The van der Waals surface area contributed by atoms with Crippen LogP contribution in [0.5, 0.6) is 5.75 Å². The number of carbonyl (C=O) groups is 1. The zero-order valence-electron chi connectivity index (χ0n) is 18.0. The van der Waals surface area contributed by atoms with Gasteiger partial charge in [-0.25, -0.2) is 0 Å². The van der Waals surface area contributed by atoms with Crippen LogP contribution in [-0.2, 0) is 17.9 Å². The van der Waals surface area contributed by atoms with Gasteiger partial charge in [0.15, 0.2) is 10.6 Å². The van der Waals surface area contributed by atoms with Gasteiger partial charge in [0, 0.05) is 34.8 Å². The number of nitrogens with one attached hydrogen (secondary N) is 2. The Hall–Kier alpha value is -3.42. The first-order valence-electron chi connectivity index (χ1n) is 10.5. The smallest absolute Gasteiger partial charge is 0.226 e. The van der Waals surface area contributed by atoms with Crippen LogP contribution in [0.2, 0.25) is 5.02 Å². The Morgan fingerprint density at radius 2 is 1.91 bits per heavy atom. The second-order valence-corrected chi connectivity index (χ2v) is 8.37. The van der Waals surface area contributed by atoms with Crippen LogP contribution in [0.1, 0.15) is 17.5 Å². The Bertz CT molecular complexity index is 1310. The van der Waals surface area contributed by atoms with Crippen molar-refractivity contribution in [2.24, 2.45) is 0 Å². The van der Waals surface area contributed by atoms with Crippen molar-refractivity contribution in [1.82, 2.24) is 14.8 Å². The van der Waals surface area contributed by atoms with E-state index < -0.39 is 0 Å². The summed E-state index contributed by atoms with van der Waals surface area (Å²) >= 11 is 11.5. The molecule has 0 spiro atoms. The summed E-state index contributed by atoms with van der Waals surface area (Å²) < 4.78 is 8.11. The van der Waals surface area contributed by atoms with Crippen molar-refractivity contribution in [3.63, 3.8) is 0 Å². The normalized spacial score (nSPS) is 10.7. The van der Waals surface area contributed by atoms with Crippen LogP contribution >= 0.6 is 23.8 Å². The molecule has 2 N–H and O–H groups in total. The number of rotatable bonds is 8. The predicted octanol–water partition coefficient (Wildman–Crippen LogP) is 6.18. The van der Waals surface area contributed by atoms with Gasteiger partial charge in [-0.15, -0.1) is 0 Å². The molecular formula is C25H23ClN4O2S. The van der Waals surface area contributed by atoms with Gasteiger partial charge < -0.3 is 10.1 Å². The van der Waals surface area contributed by atoms with E-state index in [2.05, 4.69) is 15.5 Å². The fourth-order valence-electron chi connectivity index (χ4n) is 3.38. The second kappa shape index (κ2) is 10.5. The summed E-state index contributed by atoms with van der Waals surface area (Å²) in [5.41, 5.74) is 3.69. The molecule has 0 fully saturated rings. The predicted molar refractivity (Wildman–Crippen MR) is 133 cm³/mol. The van der Waals surface area contributed by atoms with Crippen molar-refractivity contribution in [3.05, 3.63) is 93.7 Å². The number of ether oxygens (including phenoxy) is 1. The first-order valence-corrected chi connectivity index (χ1v) is 11.3. The number of amides is 1. The molecule has 33 heavy (non-hydrogen) atoms. The van der Waals surface area contributed by atoms with Gasteiger partial charge in [-0.1, -0.05) is 53.6 Å². The summed E-state index contributed by atoms with van der Waals surface area (Å²) in [6, 6.07) is 22.8. The van der Waals surface area contributed by atoms with Gasteiger partial charge in [0.2, 0.25) is 5.91 Å². The summed E-state index contributed by atoms with van der Waals surface area (Å²) in [7, 11) is 0. The quantitative estimate of drug-likeness (QED) is 0.297. The van der Waals surface area contributed by atoms with Crippen LogP contribution in [0.4, 0.5) is 5.69 Å². The number of aromatic nitrogens is 3. The highest BCUT2D eigenvalue weighted by Crippen LogP contribution is 2.21. The standard InChI is InChI=1S/C25H23ClN4O2S/c1-17-5-4-7-18(15-17)24-28-29-25(33)30(24)14-13-23(31)27-20-9-11-21(12-10-20)32-16-19-6-2-3-8-22(19)26/h2-12,15H,13-14,16H2,1H3,(H,27,31)(H,29,33). The van der Waals surface area contributed by atoms with Crippen LogP contribution < -0.4 is 10.1 Å². The van der Waals surface area contributed by atoms with E-state index in [1.54, 1.807) is 0 Å². The molecule has 1 heterocycles. The lowest BCUT2D eigenvalue weighted by atomic mass is 10.1. The Kier molecular flexibility index (Phi) is 7.22. The van der Waals surface area contributed by atoms with Crippen molar-refractivity contribution < 1.29 is 9.53 Å². The molecule has 0 saturated heterocycles. The largest absolute Gasteiger partial charge is 0.489 e. The van der Waals surface area contributed by atoms with Gasteiger partial charge >= 0.3 is 0 Å². The van der Waals surface area contributed by atoms with E-state index >= 15 is 0 Å². The minimum Gasteiger partial charge on any atom is -0.489 e. The van der Waals surface area contributed by atoms with E-state index in [1.165, 1.54) is 0 Å². The highest BCUT2D eigenvalue weighted by atomic mass is 35.5. The Morgan fingerprint density at radius 3 is 2.67 bits per heavy atom. The minimum absolute atomic E-state index is 0.113. The van der Waals surface area contributed by atoms with E-state index in [0.29, 0.717) is 34.4 Å². The van der Waals surface area contributed by atoms with Crippen LogP contribution in [0.25, 0.3) is 11.4 Å². The van der Waals surface area contributed by atoms with Gasteiger partial charge in [-0.05, 0) is 55.5 Å². The Morgan fingerprint density at radius 1 is 1.12 bits per heavy atom. The van der Waals surface area contributed by atoms with Crippen molar-refractivity contribution in [2.75, 3.05) is 5.32 Å². The zero-order valence-corrected chi connectivity index (χ0v) is 19.6. The number of halogens is 1. The lowest BCUT2D eigenvalue weighted by molar-refractivity contribution is -0.116. The van der Waals surface area contributed by atoms with Gasteiger partial charge in [0.1, 0.15) is 12.4 Å². The molecule has 0 aliphatic rings. The maximum Gasteiger partial charge on any atom is 0.226 e. The molecule has 3 aromatic carbocycles. The highest BCUT2D eigenvalue weighted by molar-refractivity contribution is 7.71. The first kappa shape index (κ1) is 22.8. The fraction of sp³-hybridized carbons (Fsp3) is 0.160. The van der Waals surface area contributed by atoms with Gasteiger partial charge in [-0.2, -0.15) is 5.10 Å². The average Bonchev–Trinajstić information content (AvgIpc) is 3.18. The average molecular weight is 479 g/mol. The van der Waals surface area contributed by atoms with Crippen LogP contribution in [0.3, 0.4) is 0 Å². The molecule has 4 aromatic rings. The summed E-state index contributed by atoms with van der Waals surface area (Å²) in [4.78, 5) is 12.5. The van der Waals surface area contributed by atoms with E-state index in [1.807, 2.05) is 84.3 Å². The maximum absolute atomic E-state index is 12.5. The van der Waals surface area contributed by atoms with Crippen molar-refractivity contribution in [1.29, 1.82) is 0 Å². The number of aryl methyl sites for hydroxylation is 1. The highest BCUT2D eigenvalue weighted by Gasteiger charge is 2.11.